The summed E-state index contributed by atoms with van der Waals surface area (Å²) in [7, 11) is 0. The summed E-state index contributed by atoms with van der Waals surface area (Å²) in [5.41, 5.74) is 0. The molecular formula is C20H24SSn2. The molecule has 0 saturated carbocycles. The molecule has 2 aromatic carbocycles. The third-order valence-electron chi connectivity index (χ3n) is 3.51. The van der Waals surface area contributed by atoms with Crippen molar-refractivity contribution in [3.05, 3.63) is 36.4 Å². The maximum atomic E-state index is 2.49. The van der Waals surface area contributed by atoms with Crippen LogP contribution in [0, 0.1) is 0 Å². The van der Waals surface area contributed by atoms with E-state index in [2.05, 4.69) is 77.9 Å². The summed E-state index contributed by atoms with van der Waals surface area (Å²) in [6.45, 7) is 14.3. The zero-order valence-corrected chi connectivity index (χ0v) is 21.4. The van der Waals surface area contributed by atoms with Gasteiger partial charge in [0.25, 0.3) is 0 Å². The summed E-state index contributed by atoms with van der Waals surface area (Å²) in [6.07, 6.45) is 0. The van der Waals surface area contributed by atoms with Gasteiger partial charge in [0.15, 0.2) is 0 Å². The Balaban J connectivity index is 2.03. The zero-order valence-electron chi connectivity index (χ0n) is 14.9. The zero-order chi connectivity index (χ0) is 16.8. The van der Waals surface area contributed by atoms with Crippen molar-refractivity contribution in [1.29, 1.82) is 0 Å². The molecule has 3 heteroatoms. The van der Waals surface area contributed by atoms with Gasteiger partial charge in [0.2, 0.25) is 0 Å². The second-order valence-corrected chi connectivity index (χ2v) is 22.6. The average molecular weight is 534 g/mol. The first-order valence-electron chi connectivity index (χ1n) is 8.13. The van der Waals surface area contributed by atoms with Gasteiger partial charge in [0.05, 0.1) is 0 Å². The second-order valence-electron chi connectivity index (χ2n) is 8.27. The first-order valence-corrected chi connectivity index (χ1v) is 14.7. The molecule has 0 spiro atoms. The number of fused-ring (bicyclic) bond motifs is 3. The van der Waals surface area contributed by atoms with Crippen LogP contribution in [0.2, 0.25) is 6.86 Å². The van der Waals surface area contributed by atoms with E-state index in [-0.39, 0.29) is 0 Å². The fraction of sp³-hybridized carbons (Fsp3) is 0.400. The molecular weight excluding hydrogens is 510 g/mol. The van der Waals surface area contributed by atoms with E-state index in [1.54, 1.807) is 7.16 Å². The first kappa shape index (κ1) is 18.1. The van der Waals surface area contributed by atoms with E-state index in [9.17, 15) is 0 Å². The molecule has 0 unspecified atom stereocenters. The van der Waals surface area contributed by atoms with Gasteiger partial charge in [-0.25, -0.2) is 0 Å². The van der Waals surface area contributed by atoms with Crippen LogP contribution in [0.15, 0.2) is 36.4 Å². The quantitative estimate of drug-likeness (QED) is 0.400. The molecule has 0 bridgehead atoms. The number of hydrogen-bond donors (Lipinski definition) is 0. The second kappa shape index (κ2) is 6.53. The summed E-state index contributed by atoms with van der Waals surface area (Å²) in [5, 5.41) is 2.91. The summed E-state index contributed by atoms with van der Waals surface area (Å²) in [6, 6.07) is 14.5. The Hall–Kier alpha value is 0.257. The van der Waals surface area contributed by atoms with Crippen LogP contribution < -0.4 is 7.16 Å². The third-order valence-corrected chi connectivity index (χ3v) is 12.3. The van der Waals surface area contributed by atoms with Crippen molar-refractivity contribution in [3.8, 4) is 0 Å². The Morgan fingerprint density at radius 1 is 0.652 bits per heavy atom. The van der Waals surface area contributed by atoms with E-state index in [1.165, 1.54) is 20.2 Å². The van der Waals surface area contributed by atoms with Gasteiger partial charge >= 0.3 is 166 Å². The van der Waals surface area contributed by atoms with Crippen LogP contribution in [-0.2, 0) is 0 Å². The van der Waals surface area contributed by atoms with Gasteiger partial charge in [-0.3, -0.25) is 0 Å². The molecule has 0 N–H and O–H groups in total. The monoisotopic (exact) mass is 536 g/mol. The van der Waals surface area contributed by atoms with Crippen LogP contribution >= 0.6 is 11.3 Å². The molecule has 3 rings (SSSR count). The van der Waals surface area contributed by atoms with Crippen molar-refractivity contribution in [2.45, 2.75) is 48.4 Å². The molecule has 0 amide bonds. The minimum absolute atomic E-state index is 0.514. The standard InChI is InChI=1S/C12H6S.2C4H9.2Sn/c1-3-7-11-9(5-1)10-6-2-4-8-12(10)13-11;2*1-4(2)3;;/h1-2,5-8H;2*1-3H3;;. The van der Waals surface area contributed by atoms with Crippen molar-refractivity contribution in [2.24, 2.45) is 0 Å². The fourth-order valence-corrected chi connectivity index (χ4v) is 11.7. The first-order chi connectivity index (χ1) is 10.6. The van der Waals surface area contributed by atoms with Crippen LogP contribution in [0.3, 0.4) is 0 Å². The van der Waals surface area contributed by atoms with Crippen LogP contribution in [0.5, 0.6) is 0 Å². The van der Waals surface area contributed by atoms with Gasteiger partial charge < -0.3 is 0 Å². The van der Waals surface area contributed by atoms with Gasteiger partial charge in [-0.2, -0.15) is 0 Å². The number of hydrogen-bond acceptors (Lipinski definition) is 1. The summed E-state index contributed by atoms with van der Waals surface area (Å²) in [5.74, 6) is 0. The van der Waals surface area contributed by atoms with Crippen molar-refractivity contribution in [1.82, 2.24) is 0 Å². The van der Waals surface area contributed by atoms with Gasteiger partial charge in [0.1, 0.15) is 0 Å². The third kappa shape index (κ3) is 4.66. The van der Waals surface area contributed by atoms with Crippen molar-refractivity contribution < 1.29 is 0 Å². The summed E-state index contributed by atoms with van der Waals surface area (Å²) >= 11 is 0.964. The van der Waals surface area contributed by atoms with E-state index in [0.29, 0.717) is 6.86 Å². The molecule has 0 fully saturated rings. The van der Waals surface area contributed by atoms with E-state index in [1.807, 2.05) is 11.3 Å². The Kier molecular flexibility index (Phi) is 5.12. The molecule has 0 aliphatic carbocycles. The van der Waals surface area contributed by atoms with Gasteiger partial charge in [-0.1, -0.05) is 0 Å². The predicted molar refractivity (Wildman–Crippen MR) is 110 cm³/mol. The Morgan fingerprint density at radius 3 is 1.39 bits per heavy atom. The van der Waals surface area contributed by atoms with Crippen LogP contribution in [0.25, 0.3) is 20.2 Å². The van der Waals surface area contributed by atoms with Crippen LogP contribution in [0.1, 0.15) is 41.5 Å². The number of benzene rings is 2. The van der Waals surface area contributed by atoms with Crippen molar-refractivity contribution >= 4 is 81.0 Å². The molecule has 1 heterocycles. The summed E-state index contributed by atoms with van der Waals surface area (Å²) < 4.78 is 7.26. The van der Waals surface area contributed by atoms with E-state index < -0.39 is 42.3 Å². The number of thiophene rings is 1. The Bertz CT molecular complexity index is 777. The van der Waals surface area contributed by atoms with Gasteiger partial charge in [-0.15, -0.1) is 0 Å². The van der Waals surface area contributed by atoms with Crippen LogP contribution in [0.4, 0.5) is 0 Å². The predicted octanol–water partition coefficient (Wildman–Crippen LogP) is 5.15. The molecule has 0 saturated heterocycles. The molecule has 4 radical (unpaired) electrons. The fourth-order valence-electron chi connectivity index (χ4n) is 2.80. The van der Waals surface area contributed by atoms with E-state index >= 15 is 0 Å². The summed E-state index contributed by atoms with van der Waals surface area (Å²) in [4.78, 5) is 0. The van der Waals surface area contributed by atoms with Gasteiger partial charge in [0, 0.05) is 0 Å². The molecule has 0 nitrogen and oxygen atoms in total. The average Bonchev–Trinajstić information content (AvgIpc) is 2.71. The van der Waals surface area contributed by atoms with E-state index in [4.69, 9.17) is 0 Å². The maximum absolute atomic E-state index is 2.49. The molecule has 1 aromatic heterocycles. The Morgan fingerprint density at radius 2 is 1.04 bits per heavy atom. The number of rotatable bonds is 2. The minimum atomic E-state index is -0.516. The van der Waals surface area contributed by atoms with Crippen molar-refractivity contribution in [3.63, 3.8) is 0 Å². The molecule has 23 heavy (non-hydrogen) atoms. The van der Waals surface area contributed by atoms with Crippen LogP contribution in [-0.4, -0.2) is 42.3 Å². The van der Waals surface area contributed by atoms with Crippen molar-refractivity contribution in [2.75, 3.05) is 0 Å². The Labute approximate surface area is 164 Å². The molecule has 0 atom stereocenters. The SMILES string of the molecule is C[C](C)(C)[Sn][c]1ccc2c(c1)sc1c[c]([Sn][C](C)(C)C)ccc12. The van der Waals surface area contributed by atoms with Gasteiger partial charge in [-0.05, 0) is 0 Å². The molecule has 118 valence electrons. The molecule has 0 aliphatic rings. The molecule has 3 aromatic rings. The molecule has 0 aliphatic heterocycles. The topological polar surface area (TPSA) is 0 Å². The normalized spacial score (nSPS) is 13.1. The van der Waals surface area contributed by atoms with E-state index in [0.717, 1.165) is 0 Å².